The minimum absolute atomic E-state index is 0.482. The van der Waals surface area contributed by atoms with E-state index >= 15 is 0 Å². The largest absolute Gasteiger partial charge is 0.384 e. The van der Waals surface area contributed by atoms with Crippen molar-refractivity contribution in [3.63, 3.8) is 0 Å². The summed E-state index contributed by atoms with van der Waals surface area (Å²) in [6.07, 6.45) is 3.64. The monoisotopic (exact) mass is 298 g/mol. The lowest BCUT2D eigenvalue weighted by Crippen LogP contribution is -1.96. The molecule has 0 saturated heterocycles. The lowest BCUT2D eigenvalue weighted by Gasteiger charge is -2.03. The topological polar surface area (TPSA) is 64.7 Å². The third-order valence-corrected chi connectivity index (χ3v) is 3.78. The number of anilines is 1. The highest BCUT2D eigenvalue weighted by Gasteiger charge is 2.04. The van der Waals surface area contributed by atoms with Crippen molar-refractivity contribution in [1.82, 2.24) is 15.0 Å². The molecule has 2 heterocycles. The highest BCUT2D eigenvalue weighted by Crippen LogP contribution is 2.23. The maximum Gasteiger partial charge on any atom is 0.190 e. The van der Waals surface area contributed by atoms with Crippen LogP contribution in [0.2, 0.25) is 5.02 Å². The number of nitrogen functional groups attached to an aromatic ring is 1. The number of nitrogens with two attached hydrogens (primary N) is 1. The number of hydrogen-bond donors (Lipinski definition) is 1. The van der Waals surface area contributed by atoms with Gasteiger partial charge in [-0.1, -0.05) is 23.4 Å². The molecule has 2 aromatic rings. The van der Waals surface area contributed by atoms with E-state index < -0.39 is 0 Å². The summed E-state index contributed by atoms with van der Waals surface area (Å²) in [5.74, 6) is 1.15. The van der Waals surface area contributed by atoms with Crippen LogP contribution in [-0.4, -0.2) is 21.2 Å². The second-order valence-electron chi connectivity index (χ2n) is 3.37. The van der Waals surface area contributed by atoms with Crippen molar-refractivity contribution in [2.24, 2.45) is 0 Å². The fraction of sp³-hybridized carbons (Fsp3) is 0.182. The standard InChI is InChI=1S/C11H11ClN4S2/c1-17-10-5-9(13)15-11(16-10)18-6-8-4-7(12)2-3-14-8/h2-5H,6H2,1H3,(H2,13,15,16). The van der Waals surface area contributed by atoms with Crippen LogP contribution in [0.25, 0.3) is 0 Å². The van der Waals surface area contributed by atoms with Crippen molar-refractivity contribution in [3.8, 4) is 0 Å². The third-order valence-electron chi connectivity index (χ3n) is 2.04. The summed E-state index contributed by atoms with van der Waals surface area (Å²) < 4.78 is 0. The molecule has 0 aromatic carbocycles. The summed E-state index contributed by atoms with van der Waals surface area (Å²) in [5.41, 5.74) is 6.61. The Morgan fingerprint density at radius 3 is 2.89 bits per heavy atom. The van der Waals surface area contributed by atoms with Gasteiger partial charge in [-0.05, 0) is 18.4 Å². The van der Waals surface area contributed by atoms with E-state index in [1.165, 1.54) is 11.8 Å². The van der Waals surface area contributed by atoms with Crippen molar-refractivity contribution in [3.05, 3.63) is 35.1 Å². The molecule has 0 aliphatic rings. The molecule has 0 atom stereocenters. The molecule has 2 aromatic heterocycles. The Morgan fingerprint density at radius 2 is 2.17 bits per heavy atom. The van der Waals surface area contributed by atoms with Crippen LogP contribution in [-0.2, 0) is 5.75 Å². The molecular formula is C11H11ClN4S2. The minimum atomic E-state index is 0.482. The van der Waals surface area contributed by atoms with E-state index in [1.54, 1.807) is 30.1 Å². The SMILES string of the molecule is CSc1cc(N)nc(SCc2cc(Cl)ccn2)n1. The van der Waals surface area contributed by atoms with Crippen LogP contribution in [0.3, 0.4) is 0 Å². The summed E-state index contributed by atoms with van der Waals surface area (Å²) in [5, 5.41) is 2.20. The van der Waals surface area contributed by atoms with E-state index in [9.17, 15) is 0 Å². The molecule has 7 heteroatoms. The summed E-state index contributed by atoms with van der Waals surface area (Å²) in [7, 11) is 0. The number of hydrogen-bond acceptors (Lipinski definition) is 6. The quantitative estimate of drug-likeness (QED) is 0.531. The molecule has 0 fully saturated rings. The molecule has 0 spiro atoms. The predicted octanol–water partition coefficient (Wildman–Crippen LogP) is 3.12. The van der Waals surface area contributed by atoms with E-state index in [4.69, 9.17) is 17.3 Å². The van der Waals surface area contributed by atoms with Gasteiger partial charge in [0.2, 0.25) is 0 Å². The van der Waals surface area contributed by atoms with Gasteiger partial charge in [0.25, 0.3) is 0 Å². The van der Waals surface area contributed by atoms with E-state index in [1.807, 2.05) is 12.3 Å². The normalized spacial score (nSPS) is 10.6. The van der Waals surface area contributed by atoms with Gasteiger partial charge in [0.15, 0.2) is 5.16 Å². The van der Waals surface area contributed by atoms with Gasteiger partial charge >= 0.3 is 0 Å². The van der Waals surface area contributed by atoms with Crippen LogP contribution in [0.15, 0.2) is 34.6 Å². The maximum atomic E-state index is 5.90. The van der Waals surface area contributed by atoms with Crippen LogP contribution in [0, 0.1) is 0 Å². The lowest BCUT2D eigenvalue weighted by molar-refractivity contribution is 0.899. The van der Waals surface area contributed by atoms with Gasteiger partial charge in [-0.25, -0.2) is 9.97 Å². The Hall–Kier alpha value is -0.980. The van der Waals surface area contributed by atoms with Gasteiger partial charge in [-0.3, -0.25) is 4.98 Å². The first kappa shape index (κ1) is 13.5. The van der Waals surface area contributed by atoms with Gasteiger partial charge in [-0.2, -0.15) is 0 Å². The molecule has 0 radical (unpaired) electrons. The smallest absolute Gasteiger partial charge is 0.190 e. The highest BCUT2D eigenvalue weighted by molar-refractivity contribution is 7.99. The fourth-order valence-electron chi connectivity index (χ4n) is 1.26. The molecule has 4 nitrogen and oxygen atoms in total. The van der Waals surface area contributed by atoms with Crippen LogP contribution < -0.4 is 5.73 Å². The van der Waals surface area contributed by atoms with Gasteiger partial charge < -0.3 is 5.73 Å². The second-order valence-corrected chi connectivity index (χ2v) is 5.58. The van der Waals surface area contributed by atoms with Crippen LogP contribution in [0.1, 0.15) is 5.69 Å². The van der Waals surface area contributed by atoms with Crippen molar-refractivity contribution in [1.29, 1.82) is 0 Å². The molecule has 0 amide bonds. The molecule has 2 N–H and O–H groups in total. The summed E-state index contributed by atoms with van der Waals surface area (Å²) in [6, 6.07) is 5.33. The Kier molecular flexibility index (Phi) is 4.68. The molecule has 0 aliphatic heterocycles. The number of pyridine rings is 1. The molecule has 94 valence electrons. The van der Waals surface area contributed by atoms with Crippen molar-refractivity contribution >= 4 is 40.9 Å². The molecule has 18 heavy (non-hydrogen) atoms. The first-order chi connectivity index (χ1) is 8.67. The fourth-order valence-corrected chi connectivity index (χ4v) is 2.68. The number of halogens is 1. The van der Waals surface area contributed by atoms with E-state index in [-0.39, 0.29) is 0 Å². The Balaban J connectivity index is 2.08. The summed E-state index contributed by atoms with van der Waals surface area (Å²) in [4.78, 5) is 12.8. The second kappa shape index (κ2) is 6.26. The third kappa shape index (κ3) is 3.76. The van der Waals surface area contributed by atoms with Crippen molar-refractivity contribution in [2.45, 2.75) is 15.9 Å². The summed E-state index contributed by atoms with van der Waals surface area (Å²) >= 11 is 8.92. The highest BCUT2D eigenvalue weighted by atomic mass is 35.5. The average Bonchev–Trinajstić information content (AvgIpc) is 2.36. The Bertz CT molecular complexity index is 550. The van der Waals surface area contributed by atoms with E-state index in [0.29, 0.717) is 21.7 Å². The molecule has 2 rings (SSSR count). The van der Waals surface area contributed by atoms with Gasteiger partial charge in [-0.15, -0.1) is 11.8 Å². The Morgan fingerprint density at radius 1 is 1.33 bits per heavy atom. The van der Waals surface area contributed by atoms with Crippen LogP contribution >= 0.6 is 35.1 Å². The zero-order valence-corrected chi connectivity index (χ0v) is 12.0. The number of nitrogens with zero attached hydrogens (tertiary/aromatic N) is 3. The molecule has 0 unspecified atom stereocenters. The predicted molar refractivity (Wildman–Crippen MR) is 77.0 cm³/mol. The van der Waals surface area contributed by atoms with Crippen LogP contribution in [0.4, 0.5) is 5.82 Å². The average molecular weight is 299 g/mol. The van der Waals surface area contributed by atoms with E-state index in [0.717, 1.165) is 10.7 Å². The summed E-state index contributed by atoms with van der Waals surface area (Å²) in [6.45, 7) is 0. The van der Waals surface area contributed by atoms with Gasteiger partial charge in [0.05, 0.1) is 5.69 Å². The first-order valence-corrected chi connectivity index (χ1v) is 7.68. The molecule has 0 saturated carbocycles. The molecule has 0 aliphatic carbocycles. The first-order valence-electron chi connectivity index (χ1n) is 5.09. The molecule has 0 bridgehead atoms. The minimum Gasteiger partial charge on any atom is -0.384 e. The zero-order chi connectivity index (χ0) is 13.0. The Labute approximate surface area is 119 Å². The van der Waals surface area contributed by atoms with E-state index in [2.05, 4.69) is 15.0 Å². The molecular weight excluding hydrogens is 288 g/mol. The maximum absolute atomic E-state index is 5.90. The lowest BCUT2D eigenvalue weighted by atomic mass is 10.4. The van der Waals surface area contributed by atoms with Crippen molar-refractivity contribution in [2.75, 3.05) is 12.0 Å². The van der Waals surface area contributed by atoms with Crippen molar-refractivity contribution < 1.29 is 0 Å². The van der Waals surface area contributed by atoms with Crippen LogP contribution in [0.5, 0.6) is 0 Å². The number of rotatable bonds is 4. The van der Waals surface area contributed by atoms with Gasteiger partial charge in [0.1, 0.15) is 10.8 Å². The van der Waals surface area contributed by atoms with Gasteiger partial charge in [0, 0.05) is 23.0 Å². The zero-order valence-electron chi connectivity index (χ0n) is 9.63. The number of aromatic nitrogens is 3. The number of thioether (sulfide) groups is 2.